The van der Waals surface area contributed by atoms with Crippen LogP contribution in [0.25, 0.3) is 11.4 Å². The van der Waals surface area contributed by atoms with Crippen LogP contribution < -0.4 is 4.74 Å². The lowest BCUT2D eigenvalue weighted by Gasteiger charge is -2.08. The highest BCUT2D eigenvalue weighted by molar-refractivity contribution is 5.91. The standard InChI is InChI=1S/C35H47FN2O2/c1-3-5-7-9-11-12-14-15-17-28-19-21-30(22-20-28)35(39)40-31-23-24-32(33(36)25-31)34-37-26-29(27-38-34)18-16-13-10-8-6-4-2/h19-27H,3-18H2,1-2H3. The molecule has 40 heavy (non-hydrogen) atoms. The van der Waals surface area contributed by atoms with Crippen LogP contribution in [0.15, 0.2) is 54.9 Å². The van der Waals surface area contributed by atoms with E-state index < -0.39 is 11.8 Å². The third kappa shape index (κ3) is 11.2. The van der Waals surface area contributed by atoms with Crippen molar-refractivity contribution in [2.75, 3.05) is 0 Å². The van der Waals surface area contributed by atoms with E-state index in [0.29, 0.717) is 11.4 Å². The molecule has 0 N–H and O–H groups in total. The molecule has 1 aromatic heterocycles. The number of hydrogen-bond donors (Lipinski definition) is 0. The van der Waals surface area contributed by atoms with Gasteiger partial charge >= 0.3 is 5.97 Å². The van der Waals surface area contributed by atoms with E-state index in [1.807, 2.05) is 12.1 Å². The lowest BCUT2D eigenvalue weighted by molar-refractivity contribution is 0.0734. The van der Waals surface area contributed by atoms with Gasteiger partial charge in [-0.15, -0.1) is 0 Å². The van der Waals surface area contributed by atoms with Gasteiger partial charge in [-0.2, -0.15) is 0 Å². The van der Waals surface area contributed by atoms with E-state index in [-0.39, 0.29) is 11.3 Å². The van der Waals surface area contributed by atoms with Crippen molar-refractivity contribution >= 4 is 5.97 Å². The second kappa shape index (κ2) is 18.3. The Kier molecular flexibility index (Phi) is 14.4. The molecular formula is C35H47FN2O2. The fourth-order valence-electron chi connectivity index (χ4n) is 4.91. The molecule has 0 fully saturated rings. The predicted octanol–water partition coefficient (Wildman–Crippen LogP) is 10.1. The van der Waals surface area contributed by atoms with Crippen LogP contribution in [0.3, 0.4) is 0 Å². The van der Waals surface area contributed by atoms with E-state index in [9.17, 15) is 9.18 Å². The third-order valence-electron chi connectivity index (χ3n) is 7.42. The molecule has 0 unspecified atom stereocenters. The summed E-state index contributed by atoms with van der Waals surface area (Å²) in [4.78, 5) is 21.4. The van der Waals surface area contributed by atoms with Crippen molar-refractivity contribution in [1.82, 2.24) is 9.97 Å². The predicted molar refractivity (Wildman–Crippen MR) is 162 cm³/mol. The third-order valence-corrected chi connectivity index (χ3v) is 7.42. The van der Waals surface area contributed by atoms with Gasteiger partial charge in [0.1, 0.15) is 11.6 Å². The van der Waals surface area contributed by atoms with E-state index in [4.69, 9.17) is 4.74 Å². The summed E-state index contributed by atoms with van der Waals surface area (Å²) in [6.07, 6.45) is 23.3. The fraction of sp³-hybridized carbons (Fsp3) is 0.514. The Morgan fingerprint density at radius 1 is 0.675 bits per heavy atom. The fourth-order valence-corrected chi connectivity index (χ4v) is 4.91. The second-order valence-electron chi connectivity index (χ2n) is 10.9. The average Bonchev–Trinajstić information content (AvgIpc) is 2.97. The monoisotopic (exact) mass is 546 g/mol. The van der Waals surface area contributed by atoms with Crippen molar-refractivity contribution < 1.29 is 13.9 Å². The molecular weight excluding hydrogens is 499 g/mol. The molecule has 2 aromatic carbocycles. The molecule has 0 saturated carbocycles. The van der Waals surface area contributed by atoms with Gasteiger partial charge in [0.25, 0.3) is 0 Å². The van der Waals surface area contributed by atoms with E-state index in [1.165, 1.54) is 88.7 Å². The summed E-state index contributed by atoms with van der Waals surface area (Å²) in [5.41, 5.74) is 3.02. The van der Waals surface area contributed by atoms with Crippen molar-refractivity contribution in [3.05, 3.63) is 77.4 Å². The van der Waals surface area contributed by atoms with Gasteiger partial charge in [-0.25, -0.2) is 19.2 Å². The Morgan fingerprint density at radius 3 is 1.75 bits per heavy atom. The summed E-state index contributed by atoms with van der Waals surface area (Å²) < 4.78 is 20.3. The molecule has 0 atom stereocenters. The van der Waals surface area contributed by atoms with Crippen molar-refractivity contribution in [1.29, 1.82) is 0 Å². The van der Waals surface area contributed by atoms with Gasteiger partial charge in [0.05, 0.1) is 11.1 Å². The zero-order chi connectivity index (χ0) is 28.4. The second-order valence-corrected chi connectivity index (χ2v) is 10.9. The highest BCUT2D eigenvalue weighted by Crippen LogP contribution is 2.25. The number of rotatable bonds is 19. The highest BCUT2D eigenvalue weighted by Gasteiger charge is 2.13. The first kappa shape index (κ1) is 31.4. The number of carbonyl (C=O) groups excluding carboxylic acids is 1. The first-order valence-electron chi connectivity index (χ1n) is 15.5. The molecule has 4 nitrogen and oxygen atoms in total. The SMILES string of the molecule is CCCCCCCCCCc1ccc(C(=O)Oc2ccc(-c3ncc(CCCCCCCC)cn3)c(F)c2)cc1. The maximum Gasteiger partial charge on any atom is 0.343 e. The quantitative estimate of drug-likeness (QED) is 0.0852. The molecule has 3 rings (SSSR count). The number of carbonyl (C=O) groups is 1. The van der Waals surface area contributed by atoms with Crippen LogP contribution in [0.2, 0.25) is 0 Å². The summed E-state index contributed by atoms with van der Waals surface area (Å²) in [5.74, 6) is -0.529. The largest absolute Gasteiger partial charge is 0.423 e. The maximum atomic E-state index is 14.9. The topological polar surface area (TPSA) is 52.1 Å². The minimum absolute atomic E-state index is 0.161. The number of benzene rings is 2. The van der Waals surface area contributed by atoms with Crippen molar-refractivity contribution in [3.63, 3.8) is 0 Å². The van der Waals surface area contributed by atoms with Gasteiger partial charge < -0.3 is 4.74 Å². The van der Waals surface area contributed by atoms with Crippen molar-refractivity contribution in [2.24, 2.45) is 0 Å². The van der Waals surface area contributed by atoms with Crippen LogP contribution in [0.5, 0.6) is 5.75 Å². The van der Waals surface area contributed by atoms with Crippen LogP contribution in [-0.2, 0) is 12.8 Å². The van der Waals surface area contributed by atoms with E-state index in [1.54, 1.807) is 36.7 Å². The first-order chi connectivity index (χ1) is 19.6. The van der Waals surface area contributed by atoms with Gasteiger partial charge in [-0.1, -0.05) is 103 Å². The van der Waals surface area contributed by atoms with Gasteiger partial charge in [-0.3, -0.25) is 0 Å². The number of hydrogen-bond acceptors (Lipinski definition) is 4. The molecule has 1 heterocycles. The first-order valence-corrected chi connectivity index (χ1v) is 15.5. The molecule has 0 amide bonds. The molecule has 3 aromatic rings. The molecule has 0 bridgehead atoms. The minimum atomic E-state index is -0.519. The lowest BCUT2D eigenvalue weighted by Crippen LogP contribution is -2.09. The Labute approximate surface area is 240 Å². The van der Waals surface area contributed by atoms with E-state index in [2.05, 4.69) is 23.8 Å². The Morgan fingerprint density at radius 2 is 1.20 bits per heavy atom. The number of aryl methyl sites for hydroxylation is 2. The number of unbranched alkanes of at least 4 members (excludes halogenated alkanes) is 12. The molecule has 0 radical (unpaired) electrons. The smallest absolute Gasteiger partial charge is 0.343 e. The molecule has 0 aliphatic heterocycles. The zero-order valence-corrected chi connectivity index (χ0v) is 24.6. The van der Waals surface area contributed by atoms with E-state index >= 15 is 0 Å². The summed E-state index contributed by atoms with van der Waals surface area (Å²) in [6, 6.07) is 11.9. The molecule has 0 saturated heterocycles. The maximum absolute atomic E-state index is 14.9. The summed E-state index contributed by atoms with van der Waals surface area (Å²) in [7, 11) is 0. The lowest BCUT2D eigenvalue weighted by atomic mass is 10.0. The Balaban J connectivity index is 1.43. The Bertz CT molecular complexity index is 1130. The van der Waals surface area contributed by atoms with Crippen LogP contribution in [0.1, 0.15) is 125 Å². The van der Waals surface area contributed by atoms with Crippen molar-refractivity contribution in [3.8, 4) is 17.1 Å². The van der Waals surface area contributed by atoms with Crippen molar-refractivity contribution in [2.45, 2.75) is 117 Å². The van der Waals surface area contributed by atoms with Gasteiger partial charge in [0.15, 0.2) is 5.82 Å². The summed E-state index contributed by atoms with van der Waals surface area (Å²) in [6.45, 7) is 4.47. The van der Waals surface area contributed by atoms with Crippen LogP contribution >= 0.6 is 0 Å². The van der Waals surface area contributed by atoms with E-state index in [0.717, 1.165) is 31.2 Å². The number of ether oxygens (including phenoxy) is 1. The van der Waals surface area contributed by atoms with Crippen LogP contribution in [0, 0.1) is 5.82 Å². The number of aromatic nitrogens is 2. The van der Waals surface area contributed by atoms with Gasteiger partial charge in [0, 0.05) is 18.5 Å². The minimum Gasteiger partial charge on any atom is -0.423 e. The number of nitrogens with zero attached hydrogens (tertiary/aromatic N) is 2. The zero-order valence-electron chi connectivity index (χ0n) is 24.6. The van der Waals surface area contributed by atoms with Crippen LogP contribution in [0.4, 0.5) is 4.39 Å². The average molecular weight is 547 g/mol. The van der Waals surface area contributed by atoms with Gasteiger partial charge in [-0.05, 0) is 61.1 Å². The summed E-state index contributed by atoms with van der Waals surface area (Å²) in [5, 5.41) is 0. The normalized spacial score (nSPS) is 11.1. The molecule has 0 spiro atoms. The number of esters is 1. The summed E-state index contributed by atoms with van der Waals surface area (Å²) >= 11 is 0. The number of halogens is 1. The molecule has 0 aliphatic carbocycles. The highest BCUT2D eigenvalue weighted by atomic mass is 19.1. The molecule has 0 aliphatic rings. The molecule has 5 heteroatoms. The van der Waals surface area contributed by atoms with Gasteiger partial charge in [0.2, 0.25) is 0 Å². The molecule has 216 valence electrons. The van der Waals surface area contributed by atoms with Crippen LogP contribution in [-0.4, -0.2) is 15.9 Å². The Hall–Kier alpha value is -3.08.